The average molecular weight is 435 g/mol. The van der Waals surface area contributed by atoms with Gasteiger partial charge in [0, 0.05) is 5.69 Å². The van der Waals surface area contributed by atoms with E-state index in [1.165, 1.54) is 7.11 Å². The molecule has 0 saturated carbocycles. The Kier molecular flexibility index (Phi) is 6.61. The second kappa shape index (κ2) is 9.39. The lowest BCUT2D eigenvalue weighted by atomic mass is 9.91. The summed E-state index contributed by atoms with van der Waals surface area (Å²) < 4.78 is 21.7. The number of carbonyl (C=O) groups is 2. The topological polar surface area (TPSA) is 119 Å². The van der Waals surface area contributed by atoms with Crippen molar-refractivity contribution in [2.24, 2.45) is 5.92 Å². The quantitative estimate of drug-likeness (QED) is 0.574. The number of ether oxygens (including phenoxy) is 4. The number of hydrogen-bond donors (Lipinski definition) is 3. The van der Waals surface area contributed by atoms with E-state index >= 15 is 0 Å². The summed E-state index contributed by atoms with van der Waals surface area (Å²) >= 11 is 0. The van der Waals surface area contributed by atoms with Crippen LogP contribution < -0.4 is 15.4 Å². The molecule has 0 spiro atoms. The van der Waals surface area contributed by atoms with Crippen molar-refractivity contribution in [3.05, 3.63) is 24.3 Å². The van der Waals surface area contributed by atoms with Gasteiger partial charge in [-0.05, 0) is 50.2 Å². The number of methoxy groups -OCH3 is 2. The molecule has 5 atom stereocenters. The van der Waals surface area contributed by atoms with Gasteiger partial charge >= 0.3 is 12.0 Å². The van der Waals surface area contributed by atoms with Crippen LogP contribution in [0.5, 0.6) is 5.75 Å². The predicted octanol–water partition coefficient (Wildman–Crippen LogP) is 0.555. The summed E-state index contributed by atoms with van der Waals surface area (Å²) in [5.41, 5.74) is 0.603. The van der Waals surface area contributed by atoms with E-state index < -0.39 is 36.6 Å². The minimum Gasteiger partial charge on any atom is -0.497 e. The van der Waals surface area contributed by atoms with Crippen LogP contribution in [0.2, 0.25) is 0 Å². The average Bonchev–Trinajstić information content (AvgIpc) is 3.22. The summed E-state index contributed by atoms with van der Waals surface area (Å²) in [6, 6.07) is 5.47. The van der Waals surface area contributed by atoms with Crippen LogP contribution in [0.25, 0.3) is 0 Å². The molecule has 0 unspecified atom stereocenters. The number of nitrogens with zero attached hydrogens (tertiary/aromatic N) is 1. The fourth-order valence-electron chi connectivity index (χ4n) is 4.56. The number of amides is 2. The third kappa shape index (κ3) is 4.62. The van der Waals surface area contributed by atoms with Crippen molar-refractivity contribution in [3.63, 3.8) is 0 Å². The molecule has 3 saturated heterocycles. The largest absolute Gasteiger partial charge is 0.497 e. The van der Waals surface area contributed by atoms with E-state index in [4.69, 9.17) is 18.9 Å². The summed E-state index contributed by atoms with van der Waals surface area (Å²) in [4.78, 5) is 26.4. The lowest BCUT2D eigenvalue weighted by Gasteiger charge is -2.45. The number of nitrogens with one attached hydrogen (secondary N) is 2. The van der Waals surface area contributed by atoms with E-state index in [1.807, 2.05) is 0 Å². The van der Waals surface area contributed by atoms with Gasteiger partial charge in [-0.3, -0.25) is 9.69 Å². The van der Waals surface area contributed by atoms with Crippen LogP contribution >= 0.6 is 0 Å². The summed E-state index contributed by atoms with van der Waals surface area (Å²) in [5.74, 6) is 0.353. The zero-order valence-corrected chi connectivity index (χ0v) is 17.7. The summed E-state index contributed by atoms with van der Waals surface area (Å²) in [7, 11) is 2.97. The molecular formula is C21H29N3O7. The first-order chi connectivity index (χ1) is 15.0. The molecule has 3 aliphatic heterocycles. The molecule has 2 bridgehead atoms. The maximum atomic E-state index is 12.6. The fourth-order valence-corrected chi connectivity index (χ4v) is 4.56. The van der Waals surface area contributed by atoms with Crippen molar-refractivity contribution in [2.45, 2.75) is 43.4 Å². The smallest absolute Gasteiger partial charge is 0.319 e. The Labute approximate surface area is 180 Å². The molecule has 3 N–H and O–H groups in total. The van der Waals surface area contributed by atoms with Crippen molar-refractivity contribution >= 4 is 17.7 Å². The van der Waals surface area contributed by atoms with Crippen LogP contribution in [-0.2, 0) is 19.0 Å². The van der Waals surface area contributed by atoms with Crippen LogP contribution in [0.15, 0.2) is 24.3 Å². The van der Waals surface area contributed by atoms with Crippen LogP contribution in [0.3, 0.4) is 0 Å². The highest BCUT2D eigenvalue weighted by molar-refractivity contribution is 5.89. The van der Waals surface area contributed by atoms with Gasteiger partial charge in [0.05, 0.1) is 44.9 Å². The third-order valence-electron chi connectivity index (χ3n) is 6.26. The Bertz CT molecular complexity index is 782. The first-order valence-electron chi connectivity index (χ1n) is 10.5. The molecule has 3 fully saturated rings. The second-order valence-corrected chi connectivity index (χ2v) is 8.04. The standard InChI is InChI=1S/C21H29N3O7/c1-28-14-5-3-13(4-6-14)22-21(27)23-16-15-11-30-20(31-15)17(18(16)25)24-9-7-12(8-10-24)19(26)29-2/h3-6,12,15-18,20,25H,7-11H2,1-2H3,(H2,22,23,27)/t15-,16-,17+,18-,20+/m0/s1. The molecule has 0 aromatic heterocycles. The number of aliphatic hydroxyl groups is 1. The van der Waals surface area contributed by atoms with Gasteiger partial charge in [0.15, 0.2) is 6.29 Å². The van der Waals surface area contributed by atoms with E-state index in [1.54, 1.807) is 31.4 Å². The Morgan fingerprint density at radius 3 is 2.52 bits per heavy atom. The Hall–Kier alpha value is -2.40. The number of urea groups is 1. The van der Waals surface area contributed by atoms with E-state index in [2.05, 4.69) is 15.5 Å². The van der Waals surface area contributed by atoms with Crippen LogP contribution in [0, 0.1) is 5.92 Å². The van der Waals surface area contributed by atoms with E-state index in [0.717, 1.165) is 0 Å². The molecule has 31 heavy (non-hydrogen) atoms. The Morgan fingerprint density at radius 1 is 1.16 bits per heavy atom. The van der Waals surface area contributed by atoms with Gasteiger partial charge in [-0.1, -0.05) is 0 Å². The molecule has 4 rings (SSSR count). The van der Waals surface area contributed by atoms with E-state index in [0.29, 0.717) is 44.0 Å². The number of carbonyl (C=O) groups excluding carboxylic acids is 2. The molecule has 0 aliphatic carbocycles. The number of esters is 1. The number of benzene rings is 1. The van der Waals surface area contributed by atoms with E-state index in [-0.39, 0.29) is 11.9 Å². The minimum atomic E-state index is -0.873. The maximum Gasteiger partial charge on any atom is 0.319 e. The molecule has 3 heterocycles. The summed E-state index contributed by atoms with van der Waals surface area (Å²) in [6.45, 7) is 1.52. The highest BCUT2D eigenvalue weighted by Crippen LogP contribution is 2.33. The van der Waals surface area contributed by atoms with Gasteiger partial charge in [0.2, 0.25) is 0 Å². The molecule has 10 heteroatoms. The van der Waals surface area contributed by atoms with Crippen molar-refractivity contribution in [1.82, 2.24) is 10.2 Å². The number of aliphatic hydroxyl groups excluding tert-OH is 1. The van der Waals surface area contributed by atoms with Gasteiger partial charge < -0.3 is 34.7 Å². The highest BCUT2D eigenvalue weighted by atomic mass is 16.7. The molecule has 1 aromatic carbocycles. The third-order valence-corrected chi connectivity index (χ3v) is 6.26. The number of piperidine rings is 1. The van der Waals surface area contributed by atoms with Crippen LogP contribution in [-0.4, -0.2) is 86.5 Å². The van der Waals surface area contributed by atoms with Gasteiger partial charge in [0.25, 0.3) is 0 Å². The summed E-state index contributed by atoms with van der Waals surface area (Å²) in [6.07, 6.45) is -0.574. The number of hydrogen-bond acceptors (Lipinski definition) is 8. The molecule has 1 aromatic rings. The monoisotopic (exact) mass is 435 g/mol. The SMILES string of the molecule is COC(=O)C1CCN([C@H]2[C@@H]3OC[C@H](O3)[C@H](NC(=O)Nc3ccc(OC)cc3)[C@@H]2O)CC1. The van der Waals surface area contributed by atoms with Crippen LogP contribution in [0.1, 0.15) is 12.8 Å². The lowest BCUT2D eigenvalue weighted by Crippen LogP contribution is -2.66. The number of rotatable bonds is 5. The normalized spacial score (nSPS) is 31.1. The Morgan fingerprint density at radius 2 is 1.87 bits per heavy atom. The molecule has 10 nitrogen and oxygen atoms in total. The van der Waals surface area contributed by atoms with Gasteiger partial charge in [-0.15, -0.1) is 0 Å². The number of fused-ring (bicyclic) bond motifs is 2. The lowest BCUT2D eigenvalue weighted by molar-refractivity contribution is -0.185. The molecular weight excluding hydrogens is 406 g/mol. The van der Waals surface area contributed by atoms with Gasteiger partial charge in [0.1, 0.15) is 11.9 Å². The van der Waals surface area contributed by atoms with Crippen molar-refractivity contribution in [2.75, 3.05) is 39.2 Å². The van der Waals surface area contributed by atoms with Crippen LogP contribution in [0.4, 0.5) is 10.5 Å². The number of likely N-dealkylation sites (tertiary alicyclic amines) is 1. The molecule has 2 amide bonds. The second-order valence-electron chi connectivity index (χ2n) is 8.04. The van der Waals surface area contributed by atoms with Gasteiger partial charge in [-0.2, -0.15) is 0 Å². The van der Waals surface area contributed by atoms with Crippen molar-refractivity contribution < 1.29 is 33.6 Å². The maximum absolute atomic E-state index is 12.6. The Balaban J connectivity index is 1.38. The van der Waals surface area contributed by atoms with Crippen molar-refractivity contribution in [3.8, 4) is 5.75 Å². The zero-order valence-electron chi connectivity index (χ0n) is 17.7. The fraction of sp³-hybridized carbons (Fsp3) is 0.619. The highest BCUT2D eigenvalue weighted by Gasteiger charge is 2.53. The predicted molar refractivity (Wildman–Crippen MR) is 110 cm³/mol. The number of anilines is 1. The molecule has 0 radical (unpaired) electrons. The first kappa shape index (κ1) is 21.8. The molecule has 170 valence electrons. The minimum absolute atomic E-state index is 0.135. The van der Waals surface area contributed by atoms with E-state index in [9.17, 15) is 14.7 Å². The zero-order chi connectivity index (χ0) is 22.0. The molecule has 3 aliphatic rings. The van der Waals surface area contributed by atoms with Crippen molar-refractivity contribution in [1.29, 1.82) is 0 Å². The first-order valence-corrected chi connectivity index (χ1v) is 10.5. The summed E-state index contributed by atoms with van der Waals surface area (Å²) in [5, 5.41) is 16.7. The van der Waals surface area contributed by atoms with Gasteiger partial charge in [-0.25, -0.2) is 4.79 Å².